The van der Waals surface area contributed by atoms with Crippen LogP contribution in [-0.2, 0) is 0 Å². The zero-order valence-corrected chi connectivity index (χ0v) is 15.9. The van der Waals surface area contributed by atoms with Gasteiger partial charge in [-0.15, -0.1) is 0 Å². The van der Waals surface area contributed by atoms with Gasteiger partial charge >= 0.3 is 0 Å². The number of rotatable bonds is 5. The van der Waals surface area contributed by atoms with Gasteiger partial charge in [0.2, 0.25) is 0 Å². The van der Waals surface area contributed by atoms with E-state index in [1.165, 1.54) is 11.3 Å². The number of pyridine rings is 1. The van der Waals surface area contributed by atoms with E-state index in [2.05, 4.69) is 58.2 Å². The topological polar surface area (TPSA) is 48.5 Å². The monoisotopic (exact) mass is 352 g/mol. The lowest BCUT2D eigenvalue weighted by Gasteiger charge is -2.37. The molecule has 1 unspecified atom stereocenters. The Labute approximate surface area is 156 Å². The number of hydrogen-bond acceptors (Lipinski definition) is 4. The molecule has 0 spiro atoms. The lowest BCUT2D eigenvalue weighted by molar-refractivity contribution is 0.0934. The summed E-state index contributed by atoms with van der Waals surface area (Å²) >= 11 is 0. The molecule has 5 nitrogen and oxygen atoms in total. The van der Waals surface area contributed by atoms with Gasteiger partial charge in [-0.25, -0.2) is 4.98 Å². The largest absolute Gasteiger partial charge is 0.368 e. The van der Waals surface area contributed by atoms with Crippen molar-refractivity contribution in [2.45, 2.75) is 33.2 Å². The highest BCUT2D eigenvalue weighted by Crippen LogP contribution is 2.21. The highest BCUT2D eigenvalue weighted by molar-refractivity contribution is 5.92. The molecule has 1 atom stereocenters. The quantitative estimate of drug-likeness (QED) is 0.897. The predicted octanol–water partition coefficient (Wildman–Crippen LogP) is 3.24. The Morgan fingerprint density at radius 2 is 1.81 bits per heavy atom. The first-order valence-electron chi connectivity index (χ1n) is 9.40. The van der Waals surface area contributed by atoms with Gasteiger partial charge in [-0.1, -0.05) is 19.1 Å². The minimum Gasteiger partial charge on any atom is -0.368 e. The molecule has 1 amide bonds. The summed E-state index contributed by atoms with van der Waals surface area (Å²) in [7, 11) is 0. The number of nitrogens with one attached hydrogen (secondary N) is 1. The average molecular weight is 352 g/mol. The van der Waals surface area contributed by atoms with Crippen molar-refractivity contribution in [1.82, 2.24) is 10.3 Å². The molecule has 0 aliphatic carbocycles. The summed E-state index contributed by atoms with van der Waals surface area (Å²) in [6.07, 6.45) is 2.73. The Morgan fingerprint density at radius 1 is 1.12 bits per heavy atom. The molecule has 1 aliphatic heterocycles. The van der Waals surface area contributed by atoms with Gasteiger partial charge in [-0.2, -0.15) is 0 Å². The van der Waals surface area contributed by atoms with Gasteiger partial charge in [-0.05, 0) is 50.1 Å². The maximum atomic E-state index is 12.1. The number of aromatic nitrogens is 1. The van der Waals surface area contributed by atoms with Gasteiger partial charge in [-0.3, -0.25) is 4.79 Å². The number of hydrogen-bond donors (Lipinski definition) is 1. The standard InChI is InChI=1S/C21H28N4O/c1-4-17(3)23-21(26)20-9-8-19(15-22-20)25-12-10-24(11-13-25)18-7-5-6-16(2)14-18/h5-9,14-15,17H,4,10-13H2,1-3H3,(H,23,26). The fourth-order valence-corrected chi connectivity index (χ4v) is 3.15. The van der Waals surface area contributed by atoms with Crippen LogP contribution >= 0.6 is 0 Å². The summed E-state index contributed by atoms with van der Waals surface area (Å²) in [4.78, 5) is 21.2. The number of nitrogens with zero attached hydrogens (tertiary/aromatic N) is 3. The molecular formula is C21H28N4O. The SMILES string of the molecule is CCC(C)NC(=O)c1ccc(N2CCN(c3cccc(C)c3)CC2)cn1. The molecule has 1 aliphatic rings. The van der Waals surface area contributed by atoms with E-state index in [1.54, 1.807) is 0 Å². The Bertz CT molecular complexity index is 736. The average Bonchev–Trinajstić information content (AvgIpc) is 2.68. The summed E-state index contributed by atoms with van der Waals surface area (Å²) in [6, 6.07) is 12.6. The highest BCUT2D eigenvalue weighted by atomic mass is 16.1. The molecule has 1 aromatic heterocycles. The van der Waals surface area contributed by atoms with E-state index < -0.39 is 0 Å². The predicted molar refractivity (Wildman–Crippen MR) is 107 cm³/mol. The molecular weight excluding hydrogens is 324 g/mol. The molecule has 3 rings (SSSR count). The molecule has 2 heterocycles. The van der Waals surface area contributed by atoms with Gasteiger partial charge in [0.05, 0.1) is 11.9 Å². The number of carbonyl (C=O) groups is 1. The third-order valence-corrected chi connectivity index (χ3v) is 4.98. The Kier molecular flexibility index (Phi) is 5.76. The molecule has 26 heavy (non-hydrogen) atoms. The number of anilines is 2. The molecule has 1 N–H and O–H groups in total. The van der Waals surface area contributed by atoms with Crippen molar-refractivity contribution >= 4 is 17.3 Å². The highest BCUT2D eigenvalue weighted by Gasteiger charge is 2.18. The minimum absolute atomic E-state index is 0.102. The van der Waals surface area contributed by atoms with Crippen LogP contribution in [0.1, 0.15) is 36.3 Å². The zero-order chi connectivity index (χ0) is 18.5. The molecule has 1 saturated heterocycles. The number of aryl methyl sites for hydroxylation is 1. The van der Waals surface area contributed by atoms with Crippen LogP contribution in [-0.4, -0.2) is 43.1 Å². The second kappa shape index (κ2) is 8.21. The molecule has 1 aromatic carbocycles. The first kappa shape index (κ1) is 18.2. The number of carbonyl (C=O) groups excluding carboxylic acids is 1. The molecule has 0 radical (unpaired) electrons. The van der Waals surface area contributed by atoms with Crippen molar-refractivity contribution in [2.24, 2.45) is 0 Å². The smallest absolute Gasteiger partial charge is 0.270 e. The van der Waals surface area contributed by atoms with Crippen LogP contribution in [0.2, 0.25) is 0 Å². The van der Waals surface area contributed by atoms with E-state index in [1.807, 2.05) is 25.3 Å². The fraction of sp³-hybridized carbons (Fsp3) is 0.429. The third kappa shape index (κ3) is 4.34. The summed E-state index contributed by atoms with van der Waals surface area (Å²) < 4.78 is 0. The normalized spacial score (nSPS) is 15.7. The van der Waals surface area contributed by atoms with Crippen LogP contribution < -0.4 is 15.1 Å². The molecule has 5 heteroatoms. The van der Waals surface area contributed by atoms with E-state index in [4.69, 9.17) is 0 Å². The summed E-state index contributed by atoms with van der Waals surface area (Å²) in [5.74, 6) is -0.102. The van der Waals surface area contributed by atoms with Crippen molar-refractivity contribution in [2.75, 3.05) is 36.0 Å². The van der Waals surface area contributed by atoms with Crippen LogP contribution in [0, 0.1) is 6.92 Å². The van der Waals surface area contributed by atoms with Gasteiger partial charge in [0, 0.05) is 37.9 Å². The number of amides is 1. The van der Waals surface area contributed by atoms with Crippen LogP contribution in [0.15, 0.2) is 42.6 Å². The van der Waals surface area contributed by atoms with Crippen LogP contribution in [0.5, 0.6) is 0 Å². The Morgan fingerprint density at radius 3 is 2.38 bits per heavy atom. The molecule has 2 aromatic rings. The van der Waals surface area contributed by atoms with E-state index in [0.717, 1.165) is 38.3 Å². The number of benzene rings is 1. The summed E-state index contributed by atoms with van der Waals surface area (Å²) in [5, 5.41) is 2.95. The van der Waals surface area contributed by atoms with Gasteiger partial charge < -0.3 is 15.1 Å². The van der Waals surface area contributed by atoms with Crippen molar-refractivity contribution in [1.29, 1.82) is 0 Å². The van der Waals surface area contributed by atoms with Crippen molar-refractivity contribution in [3.63, 3.8) is 0 Å². The second-order valence-electron chi connectivity index (χ2n) is 7.00. The first-order valence-corrected chi connectivity index (χ1v) is 9.40. The second-order valence-corrected chi connectivity index (χ2v) is 7.00. The third-order valence-electron chi connectivity index (χ3n) is 4.98. The minimum atomic E-state index is -0.102. The maximum absolute atomic E-state index is 12.1. The molecule has 1 fully saturated rings. The number of piperazine rings is 1. The van der Waals surface area contributed by atoms with Gasteiger partial charge in [0.15, 0.2) is 0 Å². The van der Waals surface area contributed by atoms with E-state index >= 15 is 0 Å². The van der Waals surface area contributed by atoms with Crippen LogP contribution in [0.3, 0.4) is 0 Å². The fourth-order valence-electron chi connectivity index (χ4n) is 3.15. The van der Waals surface area contributed by atoms with Gasteiger partial charge in [0.25, 0.3) is 5.91 Å². The van der Waals surface area contributed by atoms with E-state index in [0.29, 0.717) is 5.69 Å². The van der Waals surface area contributed by atoms with Gasteiger partial charge in [0.1, 0.15) is 5.69 Å². The molecule has 0 saturated carbocycles. The molecule has 138 valence electrons. The maximum Gasteiger partial charge on any atom is 0.270 e. The van der Waals surface area contributed by atoms with Crippen LogP contribution in [0.4, 0.5) is 11.4 Å². The molecule has 0 bridgehead atoms. The lowest BCUT2D eigenvalue weighted by Crippen LogP contribution is -2.46. The van der Waals surface area contributed by atoms with Crippen molar-refractivity contribution in [3.05, 3.63) is 53.9 Å². The van der Waals surface area contributed by atoms with Crippen LogP contribution in [0.25, 0.3) is 0 Å². The summed E-state index contributed by atoms with van der Waals surface area (Å²) in [6.45, 7) is 10.1. The lowest BCUT2D eigenvalue weighted by atomic mass is 10.2. The zero-order valence-electron chi connectivity index (χ0n) is 15.9. The van der Waals surface area contributed by atoms with Crippen molar-refractivity contribution in [3.8, 4) is 0 Å². The first-order chi connectivity index (χ1) is 12.6. The summed E-state index contributed by atoms with van der Waals surface area (Å²) in [5.41, 5.74) is 4.14. The Hall–Kier alpha value is -2.56. The Balaban J connectivity index is 1.58. The van der Waals surface area contributed by atoms with E-state index in [-0.39, 0.29) is 11.9 Å². The van der Waals surface area contributed by atoms with Crippen molar-refractivity contribution < 1.29 is 4.79 Å². The van der Waals surface area contributed by atoms with E-state index in [9.17, 15) is 4.79 Å².